The van der Waals surface area contributed by atoms with E-state index in [2.05, 4.69) is 15.2 Å². The molecule has 4 rings (SSSR count). The second-order valence-electron chi connectivity index (χ2n) is 5.57. The van der Waals surface area contributed by atoms with Gasteiger partial charge in [-0.1, -0.05) is 12.1 Å². The lowest BCUT2D eigenvalue weighted by molar-refractivity contribution is 0.0910. The SMILES string of the molecule is c1ccc2oc(N3CCOCC3CNC3CC3)nc2c1. The molecule has 2 fully saturated rings. The predicted octanol–water partition coefficient (Wildman–Crippen LogP) is 1.78. The zero-order chi connectivity index (χ0) is 13.4. The number of hydrogen-bond acceptors (Lipinski definition) is 5. The number of nitrogens with one attached hydrogen (secondary N) is 1. The molecule has 1 saturated carbocycles. The van der Waals surface area contributed by atoms with Gasteiger partial charge in [0, 0.05) is 19.1 Å². The molecule has 2 heterocycles. The highest BCUT2D eigenvalue weighted by Crippen LogP contribution is 2.25. The Bertz CT molecular complexity index is 561. The Balaban J connectivity index is 1.56. The van der Waals surface area contributed by atoms with Crippen molar-refractivity contribution in [3.8, 4) is 0 Å². The Kier molecular flexibility index (Phi) is 3.09. The highest BCUT2D eigenvalue weighted by atomic mass is 16.5. The van der Waals surface area contributed by atoms with Gasteiger partial charge in [0.2, 0.25) is 0 Å². The smallest absolute Gasteiger partial charge is 0.298 e. The van der Waals surface area contributed by atoms with E-state index in [1.807, 2.05) is 24.3 Å². The molecule has 2 aliphatic rings. The Morgan fingerprint density at radius 2 is 2.20 bits per heavy atom. The second-order valence-corrected chi connectivity index (χ2v) is 5.57. The van der Waals surface area contributed by atoms with Gasteiger partial charge in [-0.2, -0.15) is 4.98 Å². The Hall–Kier alpha value is -1.59. The van der Waals surface area contributed by atoms with Gasteiger partial charge in [0.05, 0.1) is 19.3 Å². The van der Waals surface area contributed by atoms with Crippen LogP contribution in [0.1, 0.15) is 12.8 Å². The van der Waals surface area contributed by atoms with Gasteiger partial charge in [0.25, 0.3) is 6.01 Å². The summed E-state index contributed by atoms with van der Waals surface area (Å²) in [6.07, 6.45) is 2.60. The Morgan fingerprint density at radius 1 is 1.30 bits per heavy atom. The number of rotatable bonds is 4. The van der Waals surface area contributed by atoms with Crippen molar-refractivity contribution in [3.63, 3.8) is 0 Å². The van der Waals surface area contributed by atoms with Crippen LogP contribution in [0.3, 0.4) is 0 Å². The summed E-state index contributed by atoms with van der Waals surface area (Å²) in [6, 6.07) is 9.64. The lowest BCUT2D eigenvalue weighted by Crippen LogP contribution is -2.51. The number of benzene rings is 1. The van der Waals surface area contributed by atoms with E-state index in [-0.39, 0.29) is 0 Å². The molecule has 1 N–H and O–H groups in total. The summed E-state index contributed by atoms with van der Waals surface area (Å²) in [5, 5.41) is 3.57. The van der Waals surface area contributed by atoms with Crippen LogP contribution >= 0.6 is 0 Å². The van der Waals surface area contributed by atoms with Crippen molar-refractivity contribution >= 4 is 17.1 Å². The van der Waals surface area contributed by atoms with Crippen molar-refractivity contribution in [2.24, 2.45) is 0 Å². The monoisotopic (exact) mass is 273 g/mol. The number of oxazole rings is 1. The number of para-hydroxylation sites is 2. The summed E-state index contributed by atoms with van der Waals surface area (Å²) in [5.41, 5.74) is 1.77. The van der Waals surface area contributed by atoms with Crippen LogP contribution in [-0.4, -0.2) is 43.4 Å². The maximum atomic E-state index is 5.89. The van der Waals surface area contributed by atoms with Crippen molar-refractivity contribution < 1.29 is 9.15 Å². The van der Waals surface area contributed by atoms with E-state index in [4.69, 9.17) is 9.15 Å². The van der Waals surface area contributed by atoms with Crippen molar-refractivity contribution in [2.45, 2.75) is 24.9 Å². The highest BCUT2D eigenvalue weighted by Gasteiger charge is 2.29. The van der Waals surface area contributed by atoms with Gasteiger partial charge in [-0.25, -0.2) is 0 Å². The zero-order valence-electron chi connectivity index (χ0n) is 11.4. The van der Waals surface area contributed by atoms with Gasteiger partial charge in [-0.15, -0.1) is 0 Å². The summed E-state index contributed by atoms with van der Waals surface area (Å²) in [5.74, 6) is 0. The lowest BCUT2D eigenvalue weighted by Gasteiger charge is -2.34. The maximum Gasteiger partial charge on any atom is 0.298 e. The van der Waals surface area contributed by atoms with Gasteiger partial charge in [0.15, 0.2) is 5.58 Å². The lowest BCUT2D eigenvalue weighted by atomic mass is 10.2. The Labute approximate surface area is 117 Å². The van der Waals surface area contributed by atoms with Crippen molar-refractivity contribution in [2.75, 3.05) is 31.2 Å². The predicted molar refractivity (Wildman–Crippen MR) is 77.0 cm³/mol. The van der Waals surface area contributed by atoms with Crippen LogP contribution in [-0.2, 0) is 4.74 Å². The molecule has 5 heteroatoms. The summed E-state index contributed by atoms with van der Waals surface area (Å²) < 4.78 is 11.5. The molecule has 106 valence electrons. The number of aromatic nitrogens is 1. The maximum absolute atomic E-state index is 5.89. The molecule has 1 atom stereocenters. The third kappa shape index (κ3) is 2.39. The van der Waals surface area contributed by atoms with Crippen LogP contribution in [0.5, 0.6) is 0 Å². The van der Waals surface area contributed by atoms with Crippen molar-refractivity contribution in [1.29, 1.82) is 0 Å². The highest BCUT2D eigenvalue weighted by molar-refractivity contribution is 5.74. The number of morpholine rings is 1. The number of hydrogen-bond donors (Lipinski definition) is 1. The van der Waals surface area contributed by atoms with Crippen molar-refractivity contribution in [3.05, 3.63) is 24.3 Å². The summed E-state index contributed by atoms with van der Waals surface area (Å²) in [6.45, 7) is 3.24. The topological polar surface area (TPSA) is 50.5 Å². The molecule has 0 radical (unpaired) electrons. The van der Waals surface area contributed by atoms with Crippen LogP contribution in [0.15, 0.2) is 28.7 Å². The fraction of sp³-hybridized carbons (Fsp3) is 0.533. The zero-order valence-corrected chi connectivity index (χ0v) is 11.4. The van der Waals surface area contributed by atoms with Crippen LogP contribution < -0.4 is 10.2 Å². The molecule has 1 aromatic heterocycles. The minimum atomic E-state index is 0.303. The summed E-state index contributed by atoms with van der Waals surface area (Å²) in [7, 11) is 0. The van der Waals surface area contributed by atoms with Gasteiger partial charge in [0.1, 0.15) is 5.52 Å². The average molecular weight is 273 g/mol. The minimum Gasteiger partial charge on any atom is -0.423 e. The van der Waals surface area contributed by atoms with E-state index in [0.29, 0.717) is 12.1 Å². The van der Waals surface area contributed by atoms with Crippen molar-refractivity contribution in [1.82, 2.24) is 10.3 Å². The first kappa shape index (κ1) is 12.2. The third-order valence-corrected chi connectivity index (χ3v) is 3.98. The summed E-state index contributed by atoms with van der Waals surface area (Å²) >= 11 is 0. The molecule has 1 aromatic carbocycles. The average Bonchev–Trinajstić information content (AvgIpc) is 3.22. The second kappa shape index (κ2) is 5.07. The van der Waals surface area contributed by atoms with Gasteiger partial charge in [-0.05, 0) is 25.0 Å². The largest absolute Gasteiger partial charge is 0.423 e. The van der Waals surface area contributed by atoms with Crippen LogP contribution in [0.2, 0.25) is 0 Å². The number of anilines is 1. The van der Waals surface area contributed by atoms with Crippen LogP contribution in [0.25, 0.3) is 11.1 Å². The first-order valence-electron chi connectivity index (χ1n) is 7.33. The summed E-state index contributed by atoms with van der Waals surface area (Å²) in [4.78, 5) is 6.84. The third-order valence-electron chi connectivity index (χ3n) is 3.98. The standard InChI is InChI=1S/C15H19N3O2/c1-2-4-14-13(3-1)17-15(20-14)18-7-8-19-10-12(18)9-16-11-5-6-11/h1-4,11-12,16H,5-10H2. The molecule has 0 bridgehead atoms. The van der Waals surface area contributed by atoms with E-state index in [1.165, 1.54) is 12.8 Å². The van der Waals surface area contributed by atoms with Gasteiger partial charge >= 0.3 is 0 Å². The molecule has 0 spiro atoms. The van der Waals surface area contributed by atoms with E-state index in [9.17, 15) is 0 Å². The molecule has 5 nitrogen and oxygen atoms in total. The van der Waals surface area contributed by atoms with Gasteiger partial charge < -0.3 is 19.4 Å². The molecular weight excluding hydrogens is 254 g/mol. The van der Waals surface area contributed by atoms with Gasteiger partial charge in [-0.3, -0.25) is 0 Å². The fourth-order valence-electron chi connectivity index (χ4n) is 2.65. The van der Waals surface area contributed by atoms with E-state index in [1.54, 1.807) is 0 Å². The molecule has 1 unspecified atom stereocenters. The molecule has 20 heavy (non-hydrogen) atoms. The van der Waals surface area contributed by atoms with Crippen LogP contribution in [0.4, 0.5) is 6.01 Å². The first-order chi connectivity index (χ1) is 9.90. The van der Waals surface area contributed by atoms with E-state index < -0.39 is 0 Å². The molecule has 0 amide bonds. The first-order valence-corrected chi connectivity index (χ1v) is 7.33. The quantitative estimate of drug-likeness (QED) is 0.920. The van der Waals surface area contributed by atoms with E-state index in [0.717, 1.165) is 43.4 Å². The Morgan fingerprint density at radius 3 is 3.05 bits per heavy atom. The van der Waals surface area contributed by atoms with E-state index >= 15 is 0 Å². The number of nitrogens with zero attached hydrogens (tertiary/aromatic N) is 2. The molecule has 1 aliphatic heterocycles. The molecule has 1 saturated heterocycles. The normalized spacial score (nSPS) is 23.4. The fourth-order valence-corrected chi connectivity index (χ4v) is 2.65. The van der Waals surface area contributed by atoms with Crippen LogP contribution in [0, 0.1) is 0 Å². The number of ether oxygens (including phenoxy) is 1. The minimum absolute atomic E-state index is 0.303. The number of fused-ring (bicyclic) bond motifs is 1. The molecule has 1 aliphatic carbocycles. The molecule has 2 aromatic rings. The molecular formula is C15H19N3O2.